The number of carboxylic acids is 1. The van der Waals surface area contributed by atoms with Gasteiger partial charge in [0.1, 0.15) is 6.61 Å². The summed E-state index contributed by atoms with van der Waals surface area (Å²) in [6, 6.07) is 6.30. The van der Waals surface area contributed by atoms with Crippen LogP contribution in [0.1, 0.15) is 16.1 Å². The standard InChI is InChI=1S/C13H14N2O4/c1-15-6-5-10(14-15)8-19-12-7-9(13(16)17)3-4-11(12)18-2/h3-7H,8H2,1-2H3,(H,16,17). The predicted octanol–water partition coefficient (Wildman–Crippen LogP) is 1.71. The maximum Gasteiger partial charge on any atom is 0.335 e. The second kappa shape index (κ2) is 5.43. The van der Waals surface area contributed by atoms with Crippen molar-refractivity contribution < 1.29 is 19.4 Å². The fraction of sp³-hybridized carbons (Fsp3) is 0.231. The molecule has 0 amide bonds. The lowest BCUT2D eigenvalue weighted by molar-refractivity contribution is 0.0696. The van der Waals surface area contributed by atoms with E-state index in [1.807, 2.05) is 19.3 Å². The van der Waals surface area contributed by atoms with Crippen LogP contribution in [0.2, 0.25) is 0 Å². The van der Waals surface area contributed by atoms with Gasteiger partial charge in [0.05, 0.1) is 18.4 Å². The van der Waals surface area contributed by atoms with E-state index in [4.69, 9.17) is 14.6 Å². The highest BCUT2D eigenvalue weighted by molar-refractivity contribution is 5.88. The van der Waals surface area contributed by atoms with Crippen LogP contribution in [0, 0.1) is 0 Å². The van der Waals surface area contributed by atoms with Gasteiger partial charge in [0, 0.05) is 13.2 Å². The third-order valence-corrected chi connectivity index (χ3v) is 2.55. The maximum absolute atomic E-state index is 10.9. The summed E-state index contributed by atoms with van der Waals surface area (Å²) < 4.78 is 12.4. The molecule has 2 aromatic rings. The molecule has 0 aliphatic rings. The van der Waals surface area contributed by atoms with Gasteiger partial charge in [-0.25, -0.2) is 4.79 Å². The zero-order valence-electron chi connectivity index (χ0n) is 10.7. The number of benzene rings is 1. The number of aromatic nitrogens is 2. The van der Waals surface area contributed by atoms with Gasteiger partial charge in [0.25, 0.3) is 0 Å². The predicted molar refractivity (Wildman–Crippen MR) is 67.5 cm³/mol. The second-order valence-corrected chi connectivity index (χ2v) is 3.94. The molecule has 0 saturated carbocycles. The van der Waals surface area contributed by atoms with Crippen molar-refractivity contribution in [2.45, 2.75) is 6.61 Å². The number of nitrogens with zero attached hydrogens (tertiary/aromatic N) is 2. The monoisotopic (exact) mass is 262 g/mol. The third-order valence-electron chi connectivity index (χ3n) is 2.55. The highest BCUT2D eigenvalue weighted by Crippen LogP contribution is 2.28. The number of rotatable bonds is 5. The van der Waals surface area contributed by atoms with Crippen LogP contribution in [0.4, 0.5) is 0 Å². The van der Waals surface area contributed by atoms with Crippen LogP contribution >= 0.6 is 0 Å². The van der Waals surface area contributed by atoms with E-state index in [-0.39, 0.29) is 12.2 Å². The number of ether oxygens (including phenoxy) is 2. The van der Waals surface area contributed by atoms with E-state index in [2.05, 4.69) is 5.10 Å². The van der Waals surface area contributed by atoms with E-state index in [0.717, 1.165) is 5.69 Å². The Kier molecular flexibility index (Phi) is 3.70. The Bertz CT molecular complexity index is 592. The normalized spacial score (nSPS) is 10.2. The molecule has 6 nitrogen and oxygen atoms in total. The van der Waals surface area contributed by atoms with Crippen molar-refractivity contribution in [3.8, 4) is 11.5 Å². The highest BCUT2D eigenvalue weighted by atomic mass is 16.5. The van der Waals surface area contributed by atoms with E-state index in [1.54, 1.807) is 10.7 Å². The lowest BCUT2D eigenvalue weighted by Gasteiger charge is -2.10. The number of aromatic carboxylic acids is 1. The molecule has 1 aromatic heterocycles. The van der Waals surface area contributed by atoms with Crippen molar-refractivity contribution in [2.24, 2.45) is 7.05 Å². The first-order chi connectivity index (χ1) is 9.10. The Morgan fingerprint density at radius 1 is 1.37 bits per heavy atom. The molecule has 100 valence electrons. The maximum atomic E-state index is 10.9. The molecule has 1 heterocycles. The van der Waals surface area contributed by atoms with Gasteiger partial charge in [-0.15, -0.1) is 0 Å². The summed E-state index contributed by atoms with van der Waals surface area (Å²) in [6.07, 6.45) is 1.81. The number of carboxylic acid groups (broad SMARTS) is 1. The van der Waals surface area contributed by atoms with Crippen LogP contribution in [0.25, 0.3) is 0 Å². The topological polar surface area (TPSA) is 73.6 Å². The van der Waals surface area contributed by atoms with Crippen molar-refractivity contribution in [1.82, 2.24) is 9.78 Å². The molecule has 19 heavy (non-hydrogen) atoms. The van der Waals surface area contributed by atoms with E-state index >= 15 is 0 Å². The molecule has 0 unspecified atom stereocenters. The summed E-state index contributed by atoms with van der Waals surface area (Å²) in [5.41, 5.74) is 0.905. The summed E-state index contributed by atoms with van der Waals surface area (Å²) in [6.45, 7) is 0.250. The lowest BCUT2D eigenvalue weighted by Crippen LogP contribution is -2.02. The Hall–Kier alpha value is -2.50. The summed E-state index contributed by atoms with van der Waals surface area (Å²) in [4.78, 5) is 10.9. The molecule has 6 heteroatoms. The van der Waals surface area contributed by atoms with Crippen LogP contribution in [0.3, 0.4) is 0 Å². The van der Waals surface area contributed by atoms with Crippen molar-refractivity contribution in [1.29, 1.82) is 0 Å². The number of hydrogen-bond acceptors (Lipinski definition) is 4. The molecule has 0 bridgehead atoms. The van der Waals surface area contributed by atoms with E-state index in [9.17, 15) is 4.79 Å². The van der Waals surface area contributed by atoms with Gasteiger partial charge in [-0.1, -0.05) is 0 Å². The molecular weight excluding hydrogens is 248 g/mol. The molecular formula is C13H14N2O4. The van der Waals surface area contributed by atoms with Crippen molar-refractivity contribution >= 4 is 5.97 Å². The molecule has 0 aliphatic heterocycles. The van der Waals surface area contributed by atoms with Gasteiger partial charge in [0.2, 0.25) is 0 Å². The average molecular weight is 262 g/mol. The summed E-state index contributed by atoms with van der Waals surface area (Å²) >= 11 is 0. The Morgan fingerprint density at radius 2 is 2.16 bits per heavy atom. The molecule has 0 aliphatic carbocycles. The highest BCUT2D eigenvalue weighted by Gasteiger charge is 2.10. The van der Waals surface area contributed by atoms with E-state index in [1.165, 1.54) is 19.2 Å². The van der Waals surface area contributed by atoms with E-state index in [0.29, 0.717) is 11.5 Å². The van der Waals surface area contributed by atoms with Gasteiger partial charge in [-0.05, 0) is 24.3 Å². The zero-order chi connectivity index (χ0) is 13.8. The average Bonchev–Trinajstić information content (AvgIpc) is 2.81. The Balaban J connectivity index is 2.17. The molecule has 0 radical (unpaired) electrons. The molecule has 2 rings (SSSR count). The molecule has 0 spiro atoms. The van der Waals surface area contributed by atoms with Crippen molar-refractivity contribution in [3.63, 3.8) is 0 Å². The summed E-state index contributed by atoms with van der Waals surface area (Å²) in [7, 11) is 3.32. The minimum atomic E-state index is -1.01. The van der Waals surface area contributed by atoms with Gasteiger partial charge < -0.3 is 14.6 Å². The molecule has 1 N–H and O–H groups in total. The van der Waals surface area contributed by atoms with Crippen LogP contribution in [0.5, 0.6) is 11.5 Å². The number of aryl methyl sites for hydroxylation is 1. The van der Waals surface area contributed by atoms with E-state index < -0.39 is 5.97 Å². The van der Waals surface area contributed by atoms with Gasteiger partial charge in [-0.3, -0.25) is 4.68 Å². The molecule has 0 saturated heterocycles. The minimum Gasteiger partial charge on any atom is -0.493 e. The first-order valence-electron chi connectivity index (χ1n) is 5.63. The summed E-state index contributed by atoms with van der Waals surface area (Å²) in [5, 5.41) is 13.1. The quantitative estimate of drug-likeness (QED) is 0.887. The first kappa shape index (κ1) is 12.9. The Morgan fingerprint density at radius 3 is 2.74 bits per heavy atom. The Labute approximate surface area is 110 Å². The fourth-order valence-electron chi connectivity index (χ4n) is 1.61. The summed E-state index contributed by atoms with van der Waals surface area (Å²) in [5.74, 6) is -0.140. The minimum absolute atomic E-state index is 0.150. The zero-order valence-corrected chi connectivity index (χ0v) is 10.7. The van der Waals surface area contributed by atoms with Crippen LogP contribution in [-0.2, 0) is 13.7 Å². The third kappa shape index (κ3) is 3.04. The van der Waals surface area contributed by atoms with Crippen molar-refractivity contribution in [2.75, 3.05) is 7.11 Å². The molecule has 0 atom stereocenters. The number of methoxy groups -OCH3 is 1. The molecule has 1 aromatic carbocycles. The smallest absolute Gasteiger partial charge is 0.335 e. The SMILES string of the molecule is COc1ccc(C(=O)O)cc1OCc1ccn(C)n1. The second-order valence-electron chi connectivity index (χ2n) is 3.94. The number of hydrogen-bond donors (Lipinski definition) is 1. The van der Waals surface area contributed by atoms with Gasteiger partial charge >= 0.3 is 5.97 Å². The van der Waals surface area contributed by atoms with Gasteiger partial charge in [0.15, 0.2) is 11.5 Å². The number of carbonyl (C=O) groups is 1. The fourth-order valence-corrected chi connectivity index (χ4v) is 1.61. The van der Waals surface area contributed by atoms with Crippen LogP contribution in [0.15, 0.2) is 30.5 Å². The first-order valence-corrected chi connectivity index (χ1v) is 5.63. The van der Waals surface area contributed by atoms with Gasteiger partial charge in [-0.2, -0.15) is 5.10 Å². The lowest BCUT2D eigenvalue weighted by atomic mass is 10.2. The van der Waals surface area contributed by atoms with Crippen LogP contribution in [-0.4, -0.2) is 28.0 Å². The van der Waals surface area contributed by atoms with Crippen molar-refractivity contribution in [3.05, 3.63) is 41.7 Å². The van der Waals surface area contributed by atoms with Crippen LogP contribution < -0.4 is 9.47 Å². The molecule has 0 fully saturated rings. The largest absolute Gasteiger partial charge is 0.493 e.